The third-order valence-electron chi connectivity index (χ3n) is 14.2. The molecule has 0 saturated heterocycles. The Hall–Kier alpha value is -8.74. The van der Waals surface area contributed by atoms with E-state index < -0.39 is 0 Å². The van der Waals surface area contributed by atoms with Crippen molar-refractivity contribution in [3.63, 3.8) is 0 Å². The van der Waals surface area contributed by atoms with Gasteiger partial charge in [-0.1, -0.05) is 111 Å². The van der Waals surface area contributed by atoms with Crippen LogP contribution in [0.2, 0.25) is 0 Å². The molecule has 0 atom stereocenters. The molecule has 6 heterocycles. The first kappa shape index (κ1) is 37.6. The number of aromatic nitrogens is 6. The van der Waals surface area contributed by atoms with Crippen molar-refractivity contribution in [2.24, 2.45) is 0 Å². The number of hydrogen-bond donors (Lipinski definition) is 0. The van der Waals surface area contributed by atoms with Gasteiger partial charge in [-0.2, -0.15) is 0 Å². The lowest BCUT2D eigenvalue weighted by Gasteiger charge is -2.23. The van der Waals surface area contributed by atoms with Crippen molar-refractivity contribution in [3.05, 3.63) is 206 Å². The molecule has 0 bridgehead atoms. The predicted octanol–water partition coefficient (Wildman–Crippen LogP) is 15.1. The smallest absolute Gasteiger partial charge is 0.0972 e. The van der Waals surface area contributed by atoms with E-state index in [0.29, 0.717) is 0 Å². The van der Waals surface area contributed by atoms with Crippen LogP contribution >= 0.6 is 0 Å². The Kier molecular flexibility index (Phi) is 7.93. The fourth-order valence-corrected chi connectivity index (χ4v) is 10.7. The average Bonchev–Trinajstić information content (AvgIpc) is 3.61. The van der Waals surface area contributed by atoms with Gasteiger partial charge in [0.2, 0.25) is 0 Å². The van der Waals surface area contributed by atoms with E-state index in [9.17, 15) is 0 Å². The van der Waals surface area contributed by atoms with Gasteiger partial charge < -0.3 is 0 Å². The van der Waals surface area contributed by atoms with Crippen molar-refractivity contribution in [3.8, 4) is 56.2 Å². The van der Waals surface area contributed by atoms with Gasteiger partial charge in [0.15, 0.2) is 0 Å². The first-order chi connectivity index (χ1) is 32.9. The first-order valence-electron chi connectivity index (χ1n) is 22.7. The lowest BCUT2D eigenvalue weighted by molar-refractivity contribution is 0.661. The maximum atomic E-state index is 5.06. The summed E-state index contributed by atoms with van der Waals surface area (Å²) in [6, 6.07) is 60.8. The van der Waals surface area contributed by atoms with Crippen LogP contribution in [0, 0.1) is 0 Å². The van der Waals surface area contributed by atoms with Gasteiger partial charge in [-0.05, 0) is 127 Å². The number of benzene rings is 7. The van der Waals surface area contributed by atoms with Gasteiger partial charge in [0.1, 0.15) is 0 Å². The highest BCUT2D eigenvalue weighted by Gasteiger charge is 2.36. The molecule has 0 unspecified atom stereocenters. The minimum atomic E-state index is -0.228. The first-order valence-corrected chi connectivity index (χ1v) is 22.7. The molecule has 6 heteroatoms. The molecule has 0 spiro atoms. The number of pyridine rings is 6. The van der Waals surface area contributed by atoms with Gasteiger partial charge in [0, 0.05) is 74.0 Å². The number of hydrogen-bond acceptors (Lipinski definition) is 6. The summed E-state index contributed by atoms with van der Waals surface area (Å²) in [6.45, 7) is 4.72. The molecule has 0 aliphatic heterocycles. The zero-order chi connectivity index (χ0) is 44.4. The highest BCUT2D eigenvalue weighted by atomic mass is 14.8. The fourth-order valence-electron chi connectivity index (χ4n) is 10.7. The molecule has 0 amide bonds. The number of nitrogens with zero attached hydrogens (tertiary/aromatic N) is 6. The Labute approximate surface area is 385 Å². The topological polar surface area (TPSA) is 77.3 Å². The Bertz CT molecular complexity index is 4230. The lowest BCUT2D eigenvalue weighted by atomic mass is 9.80. The van der Waals surface area contributed by atoms with E-state index in [1.54, 1.807) is 0 Å². The van der Waals surface area contributed by atoms with E-state index >= 15 is 0 Å². The quantitative estimate of drug-likeness (QED) is 0.164. The predicted molar refractivity (Wildman–Crippen MR) is 275 cm³/mol. The molecule has 1 aliphatic carbocycles. The summed E-state index contributed by atoms with van der Waals surface area (Å²) < 4.78 is 0. The van der Waals surface area contributed by atoms with E-state index in [4.69, 9.17) is 19.9 Å². The third kappa shape index (κ3) is 5.76. The molecule has 0 radical (unpaired) electrons. The van der Waals surface area contributed by atoms with E-state index in [1.807, 2.05) is 36.9 Å². The van der Waals surface area contributed by atoms with Crippen LogP contribution in [0.1, 0.15) is 25.0 Å². The standard InChI is InChI=1S/C61H38N6/c1-61(2)51-30-40(54-24-20-42(34-65-54)56-26-18-38-14-12-36-8-6-28-63-58(36)60(38)67-56)16-22-46(51)50-31-48-44-10-4-3-9-43(44)47-29-39(15-21-45(47)49(48)32-52(50)61)53-23-19-41(33-64-53)55-25-17-37-13-11-35-7-5-27-62-57(35)59(37)66-55/h3-34H,1-2H3. The van der Waals surface area contributed by atoms with Crippen molar-refractivity contribution >= 4 is 75.9 Å². The number of rotatable bonds is 4. The van der Waals surface area contributed by atoms with Gasteiger partial charge in [-0.25, -0.2) is 9.97 Å². The molecule has 7 aromatic carbocycles. The second kappa shape index (κ2) is 14.1. The second-order valence-corrected chi connectivity index (χ2v) is 18.3. The highest BCUT2D eigenvalue weighted by Crippen LogP contribution is 2.52. The Morgan fingerprint density at radius 3 is 1.36 bits per heavy atom. The molecule has 13 aromatic rings. The molecule has 1 aliphatic rings. The van der Waals surface area contributed by atoms with E-state index in [1.165, 1.54) is 54.6 Å². The summed E-state index contributed by atoms with van der Waals surface area (Å²) in [6.07, 6.45) is 7.54. The highest BCUT2D eigenvalue weighted by molar-refractivity contribution is 6.26. The molecule has 0 saturated carbocycles. The minimum Gasteiger partial charge on any atom is -0.256 e. The summed E-state index contributed by atoms with van der Waals surface area (Å²) in [5, 5.41) is 11.8. The fraction of sp³-hybridized carbons (Fsp3) is 0.0492. The van der Waals surface area contributed by atoms with Crippen LogP contribution in [0.5, 0.6) is 0 Å². The van der Waals surface area contributed by atoms with Crippen molar-refractivity contribution in [1.82, 2.24) is 29.9 Å². The van der Waals surface area contributed by atoms with Gasteiger partial charge in [0.05, 0.1) is 44.8 Å². The molecule has 0 N–H and O–H groups in total. The monoisotopic (exact) mass is 854 g/mol. The largest absolute Gasteiger partial charge is 0.256 e. The molecule has 6 nitrogen and oxygen atoms in total. The van der Waals surface area contributed by atoms with Crippen molar-refractivity contribution in [2.75, 3.05) is 0 Å². The molecule has 312 valence electrons. The van der Waals surface area contributed by atoms with Crippen LogP contribution in [0.15, 0.2) is 195 Å². The zero-order valence-electron chi connectivity index (χ0n) is 36.7. The van der Waals surface area contributed by atoms with Crippen molar-refractivity contribution in [1.29, 1.82) is 0 Å². The van der Waals surface area contributed by atoms with E-state index in [-0.39, 0.29) is 5.41 Å². The van der Waals surface area contributed by atoms with Gasteiger partial charge in [-0.3, -0.25) is 19.9 Å². The van der Waals surface area contributed by atoms with Crippen molar-refractivity contribution in [2.45, 2.75) is 19.3 Å². The molecule has 14 rings (SSSR count). The third-order valence-corrected chi connectivity index (χ3v) is 14.2. The SMILES string of the molecule is CC1(C)c2cc(-c3ccc(-c4ccc5ccc6cccnc6c5n4)cn3)ccc2-c2cc3c4ccccc4c4cc(-c5ccc(-c6ccc7ccc8cccnc8c7n6)cn5)ccc4c3cc21. The molecular weight excluding hydrogens is 817 g/mol. The summed E-state index contributed by atoms with van der Waals surface area (Å²) >= 11 is 0. The van der Waals surface area contributed by atoms with Crippen LogP contribution < -0.4 is 0 Å². The summed E-state index contributed by atoms with van der Waals surface area (Å²) in [5.74, 6) is 0. The van der Waals surface area contributed by atoms with Crippen LogP contribution in [-0.4, -0.2) is 29.9 Å². The van der Waals surface area contributed by atoms with Crippen LogP contribution in [0.3, 0.4) is 0 Å². The molecule has 67 heavy (non-hydrogen) atoms. The number of fused-ring (bicyclic) bond motifs is 15. The van der Waals surface area contributed by atoms with Gasteiger partial charge >= 0.3 is 0 Å². The minimum absolute atomic E-state index is 0.228. The lowest BCUT2D eigenvalue weighted by Crippen LogP contribution is -2.15. The Morgan fingerprint density at radius 2 is 0.776 bits per heavy atom. The Balaban J connectivity index is 0.813. The average molecular weight is 855 g/mol. The van der Waals surface area contributed by atoms with Crippen molar-refractivity contribution < 1.29 is 0 Å². The Morgan fingerprint density at radius 1 is 0.313 bits per heavy atom. The summed E-state index contributed by atoms with van der Waals surface area (Å²) in [4.78, 5) is 29.4. The van der Waals surface area contributed by atoms with Gasteiger partial charge in [-0.15, -0.1) is 0 Å². The molecule has 0 fully saturated rings. The molecular formula is C61H38N6. The zero-order valence-corrected chi connectivity index (χ0v) is 36.7. The van der Waals surface area contributed by atoms with E-state index in [0.717, 1.165) is 88.6 Å². The maximum absolute atomic E-state index is 5.06. The maximum Gasteiger partial charge on any atom is 0.0972 e. The van der Waals surface area contributed by atoms with Gasteiger partial charge in [0.25, 0.3) is 0 Å². The summed E-state index contributed by atoms with van der Waals surface area (Å²) in [5.41, 5.74) is 16.4. The molecule has 6 aromatic heterocycles. The van der Waals surface area contributed by atoms with Crippen LogP contribution in [0.4, 0.5) is 0 Å². The van der Waals surface area contributed by atoms with Crippen LogP contribution in [-0.2, 0) is 5.41 Å². The summed E-state index contributed by atoms with van der Waals surface area (Å²) in [7, 11) is 0. The second-order valence-electron chi connectivity index (χ2n) is 18.3. The van der Waals surface area contributed by atoms with Crippen LogP contribution in [0.25, 0.3) is 132 Å². The normalized spacial score (nSPS) is 13.0. The van der Waals surface area contributed by atoms with E-state index in [2.05, 4.69) is 182 Å².